The monoisotopic (exact) mass is 301 g/mol. The number of aliphatic hydroxyl groups is 1. The molecule has 1 fully saturated rings. The molecule has 118 valence electrons. The summed E-state index contributed by atoms with van der Waals surface area (Å²) in [5, 5.41) is 26.1. The molecule has 2 heterocycles. The summed E-state index contributed by atoms with van der Waals surface area (Å²) in [5.74, 6) is 1.81. The van der Waals surface area contributed by atoms with Gasteiger partial charge in [0.2, 0.25) is 0 Å². The number of aromatic nitrogens is 4. The quantitative estimate of drug-likeness (QED) is 0.886. The van der Waals surface area contributed by atoms with Crippen molar-refractivity contribution < 1.29 is 5.11 Å². The molecule has 1 aliphatic rings. The van der Waals surface area contributed by atoms with E-state index >= 15 is 0 Å². The molecule has 1 aliphatic carbocycles. The number of aliphatic hydroxyl groups excluding tert-OH is 1. The normalized spacial score (nSPS) is 16.9. The summed E-state index contributed by atoms with van der Waals surface area (Å²) in [7, 11) is 0. The molecule has 0 aliphatic heterocycles. The molecule has 6 nitrogen and oxygen atoms in total. The smallest absolute Gasteiger partial charge is 0.176 e. The first kappa shape index (κ1) is 15.0. The van der Waals surface area contributed by atoms with Gasteiger partial charge < -0.3 is 10.4 Å². The molecule has 22 heavy (non-hydrogen) atoms. The van der Waals surface area contributed by atoms with Crippen LogP contribution in [0.25, 0.3) is 5.82 Å². The van der Waals surface area contributed by atoms with Crippen LogP contribution in [0.2, 0.25) is 0 Å². The molecular formula is C16H23N5O. The van der Waals surface area contributed by atoms with Gasteiger partial charge in [0, 0.05) is 12.2 Å². The molecular weight excluding hydrogens is 278 g/mol. The number of anilines is 1. The SMILES string of the molecule is Cc1cc(C)n(-c2ccc(NC[C@@H](O)C3CCCC3)nn2)n1. The fourth-order valence-electron chi connectivity index (χ4n) is 3.11. The molecule has 0 radical (unpaired) electrons. The van der Waals surface area contributed by atoms with Crippen molar-refractivity contribution in [2.45, 2.75) is 45.6 Å². The standard InChI is InChI=1S/C16H23N5O/c1-11-9-12(2)21(20-11)16-8-7-15(18-19-16)17-10-14(22)13-5-3-4-6-13/h7-9,13-14,22H,3-6,10H2,1-2H3,(H,17,18)/t14-/m1/s1. The van der Waals surface area contributed by atoms with Gasteiger partial charge in [0.15, 0.2) is 5.82 Å². The summed E-state index contributed by atoms with van der Waals surface area (Å²) in [4.78, 5) is 0. The summed E-state index contributed by atoms with van der Waals surface area (Å²) in [6, 6.07) is 5.77. The van der Waals surface area contributed by atoms with Gasteiger partial charge in [-0.2, -0.15) is 5.10 Å². The Kier molecular flexibility index (Phi) is 4.38. The summed E-state index contributed by atoms with van der Waals surface area (Å²) >= 11 is 0. The maximum absolute atomic E-state index is 10.2. The van der Waals surface area contributed by atoms with Gasteiger partial charge in [0.05, 0.1) is 11.8 Å². The van der Waals surface area contributed by atoms with Crippen LogP contribution in [0.4, 0.5) is 5.82 Å². The van der Waals surface area contributed by atoms with Gasteiger partial charge in [-0.15, -0.1) is 10.2 Å². The Hall–Kier alpha value is -1.95. The van der Waals surface area contributed by atoms with Gasteiger partial charge in [-0.3, -0.25) is 0 Å². The molecule has 0 unspecified atom stereocenters. The average Bonchev–Trinajstić information content (AvgIpc) is 3.15. The second-order valence-electron chi connectivity index (χ2n) is 6.11. The lowest BCUT2D eigenvalue weighted by Crippen LogP contribution is -2.27. The van der Waals surface area contributed by atoms with E-state index in [2.05, 4.69) is 20.6 Å². The second-order valence-corrected chi connectivity index (χ2v) is 6.11. The Balaban J connectivity index is 1.60. The van der Waals surface area contributed by atoms with Gasteiger partial charge in [-0.05, 0) is 50.8 Å². The largest absolute Gasteiger partial charge is 0.391 e. The Bertz CT molecular complexity index is 616. The number of rotatable bonds is 5. The summed E-state index contributed by atoms with van der Waals surface area (Å²) in [6.07, 6.45) is 4.43. The molecule has 0 saturated heterocycles. The maximum Gasteiger partial charge on any atom is 0.176 e. The molecule has 3 rings (SSSR count). The zero-order valence-electron chi connectivity index (χ0n) is 13.2. The van der Waals surface area contributed by atoms with Crippen molar-refractivity contribution in [3.05, 3.63) is 29.6 Å². The average molecular weight is 301 g/mol. The highest BCUT2D eigenvalue weighted by molar-refractivity contribution is 5.37. The van der Waals surface area contributed by atoms with Gasteiger partial charge in [0.1, 0.15) is 5.82 Å². The predicted octanol–water partition coefficient (Wildman–Crippen LogP) is 2.24. The summed E-state index contributed by atoms with van der Waals surface area (Å²) in [6.45, 7) is 4.47. The minimum absolute atomic E-state index is 0.306. The topological polar surface area (TPSA) is 75.9 Å². The van der Waals surface area contributed by atoms with Crippen molar-refractivity contribution in [1.82, 2.24) is 20.0 Å². The fourth-order valence-corrected chi connectivity index (χ4v) is 3.11. The summed E-state index contributed by atoms with van der Waals surface area (Å²) < 4.78 is 1.78. The van der Waals surface area contributed by atoms with Crippen LogP contribution >= 0.6 is 0 Å². The van der Waals surface area contributed by atoms with E-state index in [1.807, 2.05) is 32.0 Å². The molecule has 0 aromatic carbocycles. The van der Waals surface area contributed by atoms with Gasteiger partial charge in [0.25, 0.3) is 0 Å². The van der Waals surface area contributed by atoms with Crippen LogP contribution in [0.5, 0.6) is 0 Å². The third kappa shape index (κ3) is 3.27. The van der Waals surface area contributed by atoms with Crippen molar-refractivity contribution >= 4 is 5.82 Å². The molecule has 1 saturated carbocycles. The first-order chi connectivity index (χ1) is 10.6. The van der Waals surface area contributed by atoms with Gasteiger partial charge >= 0.3 is 0 Å². The van der Waals surface area contributed by atoms with Crippen LogP contribution in [0.15, 0.2) is 18.2 Å². The first-order valence-corrected chi connectivity index (χ1v) is 7.93. The Morgan fingerprint density at radius 2 is 2.05 bits per heavy atom. The van der Waals surface area contributed by atoms with E-state index in [0.717, 1.165) is 24.2 Å². The third-order valence-electron chi connectivity index (χ3n) is 4.31. The van der Waals surface area contributed by atoms with Crippen LogP contribution in [-0.2, 0) is 0 Å². The van der Waals surface area contributed by atoms with E-state index < -0.39 is 0 Å². The Morgan fingerprint density at radius 3 is 2.64 bits per heavy atom. The lowest BCUT2D eigenvalue weighted by molar-refractivity contribution is 0.122. The number of nitrogens with zero attached hydrogens (tertiary/aromatic N) is 4. The van der Waals surface area contributed by atoms with Crippen LogP contribution in [0.3, 0.4) is 0 Å². The van der Waals surface area contributed by atoms with Crippen molar-refractivity contribution in [3.8, 4) is 5.82 Å². The number of hydrogen-bond acceptors (Lipinski definition) is 5. The highest BCUT2D eigenvalue weighted by atomic mass is 16.3. The molecule has 2 N–H and O–H groups in total. The van der Waals surface area contributed by atoms with Crippen molar-refractivity contribution in [2.75, 3.05) is 11.9 Å². The molecule has 2 aromatic rings. The van der Waals surface area contributed by atoms with E-state index in [1.54, 1.807) is 4.68 Å². The van der Waals surface area contributed by atoms with E-state index in [0.29, 0.717) is 24.1 Å². The van der Waals surface area contributed by atoms with Crippen LogP contribution in [0, 0.1) is 19.8 Å². The minimum Gasteiger partial charge on any atom is -0.391 e. The second kappa shape index (κ2) is 6.44. The van der Waals surface area contributed by atoms with E-state index in [9.17, 15) is 5.11 Å². The van der Waals surface area contributed by atoms with E-state index in [1.165, 1.54) is 12.8 Å². The fraction of sp³-hybridized carbons (Fsp3) is 0.562. The molecule has 2 aromatic heterocycles. The number of aryl methyl sites for hydroxylation is 2. The lowest BCUT2D eigenvalue weighted by Gasteiger charge is -2.18. The zero-order valence-corrected chi connectivity index (χ0v) is 13.2. The van der Waals surface area contributed by atoms with Crippen molar-refractivity contribution in [1.29, 1.82) is 0 Å². The minimum atomic E-state index is -0.306. The number of hydrogen-bond donors (Lipinski definition) is 2. The van der Waals surface area contributed by atoms with E-state index in [-0.39, 0.29) is 6.10 Å². The van der Waals surface area contributed by atoms with Crippen LogP contribution in [0.1, 0.15) is 37.1 Å². The van der Waals surface area contributed by atoms with Crippen molar-refractivity contribution in [2.24, 2.45) is 5.92 Å². The molecule has 0 spiro atoms. The Morgan fingerprint density at radius 1 is 1.27 bits per heavy atom. The highest BCUT2D eigenvalue weighted by Crippen LogP contribution is 2.27. The van der Waals surface area contributed by atoms with Crippen molar-refractivity contribution in [3.63, 3.8) is 0 Å². The van der Waals surface area contributed by atoms with Gasteiger partial charge in [-0.25, -0.2) is 4.68 Å². The lowest BCUT2D eigenvalue weighted by atomic mass is 10.0. The molecule has 0 bridgehead atoms. The van der Waals surface area contributed by atoms with Gasteiger partial charge in [-0.1, -0.05) is 12.8 Å². The summed E-state index contributed by atoms with van der Waals surface area (Å²) in [5.41, 5.74) is 1.99. The first-order valence-electron chi connectivity index (χ1n) is 7.93. The van der Waals surface area contributed by atoms with Crippen LogP contribution < -0.4 is 5.32 Å². The van der Waals surface area contributed by atoms with E-state index in [4.69, 9.17) is 0 Å². The third-order valence-corrected chi connectivity index (χ3v) is 4.31. The molecule has 6 heteroatoms. The molecule has 0 amide bonds. The Labute approximate surface area is 130 Å². The predicted molar refractivity (Wildman–Crippen MR) is 85.1 cm³/mol. The molecule has 1 atom stereocenters. The number of nitrogens with one attached hydrogen (secondary N) is 1. The van der Waals surface area contributed by atoms with Crippen LogP contribution in [-0.4, -0.2) is 37.7 Å². The zero-order chi connectivity index (χ0) is 15.5. The maximum atomic E-state index is 10.2. The highest BCUT2D eigenvalue weighted by Gasteiger charge is 2.22.